The lowest BCUT2D eigenvalue weighted by molar-refractivity contribution is 0.625. The van der Waals surface area contributed by atoms with E-state index in [0.717, 1.165) is 24.4 Å². The molecule has 22 heavy (non-hydrogen) atoms. The van der Waals surface area contributed by atoms with Crippen molar-refractivity contribution in [2.24, 2.45) is 5.73 Å². The summed E-state index contributed by atoms with van der Waals surface area (Å²) in [6.07, 6.45) is 0.798. The molecule has 112 valence electrons. The van der Waals surface area contributed by atoms with Gasteiger partial charge in [-0.2, -0.15) is 0 Å². The van der Waals surface area contributed by atoms with Gasteiger partial charge in [-0.3, -0.25) is 0 Å². The van der Waals surface area contributed by atoms with Crippen molar-refractivity contribution in [3.8, 4) is 0 Å². The van der Waals surface area contributed by atoms with Gasteiger partial charge >= 0.3 is 0 Å². The average molecular weight is 292 g/mol. The fourth-order valence-electron chi connectivity index (χ4n) is 2.50. The Bertz CT molecular complexity index is 730. The Morgan fingerprint density at radius 2 is 1.68 bits per heavy atom. The molecule has 0 unspecified atom stereocenters. The maximum atomic E-state index is 5.82. The highest BCUT2D eigenvalue weighted by molar-refractivity contribution is 5.26. The number of nitrogens with two attached hydrogens (primary N) is 1. The Kier molecular flexibility index (Phi) is 4.30. The first-order valence-corrected chi connectivity index (χ1v) is 7.47. The third-order valence-electron chi connectivity index (χ3n) is 3.78. The van der Waals surface area contributed by atoms with Crippen LogP contribution in [0.15, 0.2) is 54.6 Å². The second-order valence-corrected chi connectivity index (χ2v) is 5.49. The van der Waals surface area contributed by atoms with E-state index in [9.17, 15) is 0 Å². The van der Waals surface area contributed by atoms with Gasteiger partial charge in [-0.15, -0.1) is 5.10 Å². The van der Waals surface area contributed by atoms with Crippen LogP contribution in [0.4, 0.5) is 0 Å². The molecule has 0 aliphatic heterocycles. The summed E-state index contributed by atoms with van der Waals surface area (Å²) < 4.78 is 1.96. The van der Waals surface area contributed by atoms with Crippen molar-refractivity contribution < 1.29 is 0 Å². The largest absolute Gasteiger partial charge is 0.325 e. The van der Waals surface area contributed by atoms with E-state index in [2.05, 4.69) is 53.6 Å². The Morgan fingerprint density at radius 3 is 2.36 bits per heavy atom. The van der Waals surface area contributed by atoms with Crippen molar-refractivity contribution in [1.29, 1.82) is 0 Å². The second-order valence-electron chi connectivity index (χ2n) is 5.49. The lowest BCUT2D eigenvalue weighted by Gasteiger charge is -2.08. The van der Waals surface area contributed by atoms with Crippen LogP contribution in [0.25, 0.3) is 0 Å². The maximum absolute atomic E-state index is 5.82. The zero-order valence-corrected chi connectivity index (χ0v) is 12.7. The van der Waals surface area contributed by atoms with Crippen LogP contribution in [0.3, 0.4) is 0 Å². The Labute approximate surface area is 130 Å². The standard InChI is InChI=1S/C18H20N4/c1-14-7-9-16(10-8-14)13-22-18(17(12-19)20-21-22)11-15-5-3-2-4-6-15/h2-10H,11-13,19H2,1H3. The molecule has 1 heterocycles. The van der Waals surface area contributed by atoms with Crippen LogP contribution in [-0.2, 0) is 19.5 Å². The minimum absolute atomic E-state index is 0.413. The molecule has 3 aromatic rings. The molecule has 0 bridgehead atoms. The molecule has 2 aromatic carbocycles. The topological polar surface area (TPSA) is 56.7 Å². The van der Waals surface area contributed by atoms with E-state index in [1.54, 1.807) is 0 Å². The lowest BCUT2D eigenvalue weighted by Crippen LogP contribution is -2.09. The summed E-state index contributed by atoms with van der Waals surface area (Å²) in [6.45, 7) is 3.22. The monoisotopic (exact) mass is 292 g/mol. The quantitative estimate of drug-likeness (QED) is 0.786. The predicted octanol–water partition coefficient (Wildman–Crippen LogP) is 2.68. The zero-order valence-electron chi connectivity index (χ0n) is 12.7. The summed E-state index contributed by atoms with van der Waals surface area (Å²) in [5, 5.41) is 8.52. The molecule has 0 saturated carbocycles. The number of rotatable bonds is 5. The molecule has 3 rings (SSSR count). The first kappa shape index (κ1) is 14.5. The SMILES string of the molecule is Cc1ccc(Cn2nnc(CN)c2Cc2ccccc2)cc1. The zero-order chi connectivity index (χ0) is 15.4. The van der Waals surface area contributed by atoms with E-state index in [-0.39, 0.29) is 0 Å². The number of hydrogen-bond donors (Lipinski definition) is 1. The minimum atomic E-state index is 0.413. The molecule has 0 saturated heterocycles. The van der Waals surface area contributed by atoms with Crippen molar-refractivity contribution in [2.45, 2.75) is 26.4 Å². The third kappa shape index (κ3) is 3.23. The number of aromatic nitrogens is 3. The van der Waals surface area contributed by atoms with Crippen LogP contribution in [0.2, 0.25) is 0 Å². The van der Waals surface area contributed by atoms with Gasteiger partial charge in [0.15, 0.2) is 0 Å². The average Bonchev–Trinajstić information content (AvgIpc) is 2.92. The third-order valence-corrected chi connectivity index (χ3v) is 3.78. The first-order chi connectivity index (χ1) is 10.8. The summed E-state index contributed by atoms with van der Waals surface area (Å²) in [5.74, 6) is 0. The summed E-state index contributed by atoms with van der Waals surface area (Å²) >= 11 is 0. The number of hydrogen-bond acceptors (Lipinski definition) is 3. The highest BCUT2D eigenvalue weighted by atomic mass is 15.4. The van der Waals surface area contributed by atoms with Gasteiger partial charge in [0, 0.05) is 13.0 Å². The van der Waals surface area contributed by atoms with E-state index in [4.69, 9.17) is 5.73 Å². The molecular formula is C18H20N4. The molecule has 0 radical (unpaired) electrons. The smallest absolute Gasteiger partial charge is 0.0998 e. The molecule has 0 fully saturated rings. The van der Waals surface area contributed by atoms with Crippen molar-refractivity contribution in [2.75, 3.05) is 0 Å². The predicted molar refractivity (Wildman–Crippen MR) is 87.4 cm³/mol. The molecule has 0 amide bonds. The van der Waals surface area contributed by atoms with Gasteiger partial charge in [0.25, 0.3) is 0 Å². The first-order valence-electron chi connectivity index (χ1n) is 7.47. The maximum Gasteiger partial charge on any atom is 0.0998 e. The van der Waals surface area contributed by atoms with Gasteiger partial charge in [-0.05, 0) is 18.1 Å². The van der Waals surface area contributed by atoms with Crippen molar-refractivity contribution >= 4 is 0 Å². The molecule has 0 aliphatic carbocycles. The van der Waals surface area contributed by atoms with Crippen molar-refractivity contribution in [3.63, 3.8) is 0 Å². The summed E-state index contributed by atoms with van der Waals surface area (Å²) in [6, 6.07) is 18.8. The van der Waals surface area contributed by atoms with E-state index >= 15 is 0 Å². The minimum Gasteiger partial charge on any atom is -0.325 e. The van der Waals surface area contributed by atoms with Gasteiger partial charge in [-0.1, -0.05) is 65.4 Å². The molecule has 0 atom stereocenters. The molecule has 4 nitrogen and oxygen atoms in total. The van der Waals surface area contributed by atoms with Gasteiger partial charge in [0.2, 0.25) is 0 Å². The molecule has 2 N–H and O–H groups in total. The van der Waals surface area contributed by atoms with E-state index < -0.39 is 0 Å². The molecule has 0 spiro atoms. The van der Waals surface area contributed by atoms with E-state index in [1.165, 1.54) is 16.7 Å². The van der Waals surface area contributed by atoms with Crippen LogP contribution in [0.5, 0.6) is 0 Å². The fraction of sp³-hybridized carbons (Fsp3) is 0.222. The lowest BCUT2D eigenvalue weighted by atomic mass is 10.1. The highest BCUT2D eigenvalue weighted by Crippen LogP contribution is 2.14. The number of aryl methyl sites for hydroxylation is 1. The summed E-state index contributed by atoms with van der Waals surface area (Å²) in [4.78, 5) is 0. The van der Waals surface area contributed by atoms with Crippen LogP contribution in [0.1, 0.15) is 28.1 Å². The van der Waals surface area contributed by atoms with Crippen LogP contribution >= 0.6 is 0 Å². The Hall–Kier alpha value is -2.46. The number of benzene rings is 2. The molecular weight excluding hydrogens is 272 g/mol. The van der Waals surface area contributed by atoms with Crippen molar-refractivity contribution in [3.05, 3.63) is 82.7 Å². The molecule has 1 aromatic heterocycles. The van der Waals surface area contributed by atoms with Crippen LogP contribution in [0, 0.1) is 6.92 Å². The fourth-order valence-corrected chi connectivity index (χ4v) is 2.50. The Balaban J connectivity index is 1.88. The van der Waals surface area contributed by atoms with Gasteiger partial charge in [0.05, 0.1) is 17.9 Å². The van der Waals surface area contributed by atoms with Crippen LogP contribution < -0.4 is 5.73 Å². The van der Waals surface area contributed by atoms with Gasteiger partial charge in [0.1, 0.15) is 0 Å². The normalized spacial score (nSPS) is 10.8. The summed E-state index contributed by atoms with van der Waals surface area (Å²) in [5.41, 5.74) is 11.5. The molecule has 4 heteroatoms. The van der Waals surface area contributed by atoms with Crippen molar-refractivity contribution in [1.82, 2.24) is 15.0 Å². The van der Waals surface area contributed by atoms with E-state index in [1.807, 2.05) is 22.9 Å². The highest BCUT2D eigenvalue weighted by Gasteiger charge is 2.12. The summed E-state index contributed by atoms with van der Waals surface area (Å²) in [7, 11) is 0. The number of nitrogens with zero attached hydrogens (tertiary/aromatic N) is 3. The van der Waals surface area contributed by atoms with Gasteiger partial charge < -0.3 is 5.73 Å². The van der Waals surface area contributed by atoms with Crippen LogP contribution in [-0.4, -0.2) is 15.0 Å². The molecule has 0 aliphatic rings. The Morgan fingerprint density at radius 1 is 0.955 bits per heavy atom. The second kappa shape index (κ2) is 6.54. The van der Waals surface area contributed by atoms with Gasteiger partial charge in [-0.25, -0.2) is 4.68 Å². The van der Waals surface area contributed by atoms with E-state index in [0.29, 0.717) is 6.54 Å².